The standard InChI is InChI=1S/C7H11I/c1-2-8-7-4-3-6(7)5-7/h2,6H,3-5H2,1H3/t6-,7?/m1/s1. The molecule has 2 aliphatic carbocycles. The highest BCUT2D eigenvalue weighted by molar-refractivity contribution is 14.2. The Kier molecular flexibility index (Phi) is 1.05. The van der Waals surface area contributed by atoms with Crippen molar-refractivity contribution in [2.75, 3.05) is 0 Å². The van der Waals surface area contributed by atoms with Crippen LogP contribution in [0.2, 0.25) is 0 Å². The van der Waals surface area contributed by atoms with Crippen molar-refractivity contribution >= 4 is 24.7 Å². The maximum absolute atomic E-state index is 2.44. The van der Waals surface area contributed by atoms with Crippen LogP contribution in [0.25, 0.3) is 0 Å². The van der Waals surface area contributed by atoms with Gasteiger partial charge in [-0.05, 0) is 32.1 Å². The molecule has 0 amide bonds. The molecule has 46 valence electrons. The lowest BCUT2D eigenvalue weighted by Crippen LogP contribution is -2.13. The molecular weight excluding hydrogens is 211 g/mol. The molecular formula is C7H11I. The molecule has 0 aromatic heterocycles. The van der Waals surface area contributed by atoms with Crippen molar-refractivity contribution in [2.45, 2.75) is 29.6 Å². The van der Waals surface area contributed by atoms with Crippen molar-refractivity contribution in [3.8, 4) is 0 Å². The monoisotopic (exact) mass is 222 g/mol. The predicted octanol–water partition coefficient (Wildman–Crippen LogP) is 2.33. The molecule has 0 radical (unpaired) electrons. The van der Waals surface area contributed by atoms with E-state index in [1.807, 2.05) is 0 Å². The van der Waals surface area contributed by atoms with Crippen LogP contribution >= 0.6 is 20.7 Å². The molecule has 2 aliphatic rings. The summed E-state index contributed by atoms with van der Waals surface area (Å²) in [7, 11) is 0. The van der Waals surface area contributed by atoms with Gasteiger partial charge in [-0.3, -0.25) is 0 Å². The molecule has 2 fully saturated rings. The first-order valence-corrected chi connectivity index (χ1v) is 5.62. The minimum atomic E-state index is 0.517. The fourth-order valence-electron chi connectivity index (χ4n) is 1.62. The summed E-state index contributed by atoms with van der Waals surface area (Å²) in [6.07, 6.45) is 4.74. The van der Waals surface area contributed by atoms with Crippen LogP contribution in [0, 0.1) is 5.92 Å². The Labute approximate surface area is 60.4 Å². The van der Waals surface area contributed by atoms with Crippen LogP contribution in [-0.4, -0.2) is 7.43 Å². The maximum Gasteiger partial charge on any atom is 0.0204 e. The summed E-state index contributed by atoms with van der Waals surface area (Å²) in [5.41, 5.74) is 0. The van der Waals surface area contributed by atoms with E-state index in [1.165, 1.54) is 5.92 Å². The minimum Gasteiger partial charge on any atom is -0.120 e. The van der Waals surface area contributed by atoms with Crippen molar-refractivity contribution in [3.63, 3.8) is 0 Å². The summed E-state index contributed by atoms with van der Waals surface area (Å²) >= 11 is 0.517. The molecule has 0 nitrogen and oxygen atoms in total. The van der Waals surface area contributed by atoms with Crippen LogP contribution in [0.3, 0.4) is 0 Å². The third-order valence-corrected chi connectivity index (χ3v) is 6.12. The van der Waals surface area contributed by atoms with Crippen LogP contribution in [0.5, 0.6) is 0 Å². The second-order valence-electron chi connectivity index (χ2n) is 2.80. The predicted molar refractivity (Wildman–Crippen MR) is 45.8 cm³/mol. The Balaban J connectivity index is 2.07. The van der Waals surface area contributed by atoms with Gasteiger partial charge in [-0.25, -0.2) is 0 Å². The average Bonchev–Trinajstić information content (AvgIpc) is 2.19. The molecule has 0 spiro atoms. The molecule has 8 heavy (non-hydrogen) atoms. The van der Waals surface area contributed by atoms with Crippen LogP contribution < -0.4 is 0 Å². The Bertz CT molecular complexity index is 135. The zero-order valence-corrected chi connectivity index (χ0v) is 7.31. The molecule has 2 atom stereocenters. The van der Waals surface area contributed by atoms with Crippen molar-refractivity contribution in [1.29, 1.82) is 0 Å². The van der Waals surface area contributed by atoms with E-state index in [0.717, 1.165) is 3.42 Å². The van der Waals surface area contributed by atoms with Gasteiger partial charge in [-0.15, -0.1) is 20.7 Å². The third-order valence-electron chi connectivity index (χ3n) is 2.39. The van der Waals surface area contributed by atoms with E-state index in [-0.39, 0.29) is 0 Å². The summed E-state index contributed by atoms with van der Waals surface area (Å²) in [5, 5.41) is 0. The van der Waals surface area contributed by atoms with E-state index in [2.05, 4.69) is 10.9 Å². The van der Waals surface area contributed by atoms with Crippen molar-refractivity contribution in [1.82, 2.24) is 0 Å². The summed E-state index contributed by atoms with van der Waals surface area (Å²) in [6.45, 7) is 2.23. The third kappa shape index (κ3) is 0.539. The summed E-state index contributed by atoms with van der Waals surface area (Å²) in [5.74, 6) is 1.21. The van der Waals surface area contributed by atoms with E-state index in [1.54, 1.807) is 19.3 Å². The zero-order chi connectivity index (χ0) is 5.61. The Morgan fingerprint density at radius 2 is 2.62 bits per heavy atom. The fraction of sp³-hybridized carbons (Fsp3) is 0.857. The number of hydrogen-bond acceptors (Lipinski definition) is 0. The molecule has 1 heteroatoms. The van der Waals surface area contributed by atoms with Gasteiger partial charge in [0.25, 0.3) is 0 Å². The maximum atomic E-state index is 2.44. The topological polar surface area (TPSA) is 0 Å². The zero-order valence-electron chi connectivity index (χ0n) is 5.15. The van der Waals surface area contributed by atoms with Gasteiger partial charge in [0.1, 0.15) is 0 Å². The number of hydrogen-bond donors (Lipinski definition) is 0. The van der Waals surface area contributed by atoms with Crippen LogP contribution in [0.15, 0.2) is 0 Å². The first-order chi connectivity index (χ1) is 3.87. The molecule has 0 N–H and O–H groups in total. The summed E-state index contributed by atoms with van der Waals surface area (Å²) < 4.78 is 3.44. The van der Waals surface area contributed by atoms with Gasteiger partial charge in [0, 0.05) is 3.42 Å². The van der Waals surface area contributed by atoms with E-state index >= 15 is 0 Å². The van der Waals surface area contributed by atoms with E-state index in [4.69, 9.17) is 0 Å². The highest BCUT2D eigenvalue weighted by atomic mass is 127. The SMILES string of the molecule is C/C=I/C12CC[C@@H]1C2. The first kappa shape index (κ1) is 5.39. The van der Waals surface area contributed by atoms with Crippen LogP contribution in [0.1, 0.15) is 26.2 Å². The van der Waals surface area contributed by atoms with Gasteiger partial charge in [-0.2, -0.15) is 0 Å². The highest BCUT2D eigenvalue weighted by Crippen LogP contribution is 2.67. The smallest absolute Gasteiger partial charge is 0.0204 e. The van der Waals surface area contributed by atoms with Gasteiger partial charge in [0.15, 0.2) is 0 Å². The van der Waals surface area contributed by atoms with Gasteiger partial charge in [0.05, 0.1) is 0 Å². The summed E-state index contributed by atoms with van der Waals surface area (Å²) in [6, 6.07) is 0. The Morgan fingerprint density at radius 3 is 2.75 bits per heavy atom. The average molecular weight is 222 g/mol. The molecule has 0 aromatic rings. The highest BCUT2D eigenvalue weighted by Gasteiger charge is 2.59. The van der Waals surface area contributed by atoms with Crippen LogP contribution in [0.4, 0.5) is 0 Å². The van der Waals surface area contributed by atoms with Crippen LogP contribution in [-0.2, 0) is 0 Å². The number of rotatable bonds is 1. The van der Waals surface area contributed by atoms with Crippen molar-refractivity contribution in [2.24, 2.45) is 5.92 Å². The van der Waals surface area contributed by atoms with Gasteiger partial charge in [0.2, 0.25) is 0 Å². The van der Waals surface area contributed by atoms with Gasteiger partial charge < -0.3 is 0 Å². The molecule has 0 heterocycles. The lowest BCUT2D eigenvalue weighted by Gasteiger charge is -2.19. The minimum absolute atomic E-state index is 0.517. The lowest BCUT2D eigenvalue weighted by atomic mass is 10.0. The Hall–Kier alpha value is 0.600. The van der Waals surface area contributed by atoms with Crippen molar-refractivity contribution < 1.29 is 0 Å². The van der Waals surface area contributed by atoms with Gasteiger partial charge in [-0.1, -0.05) is 4.01 Å². The van der Waals surface area contributed by atoms with E-state index in [9.17, 15) is 0 Å². The largest absolute Gasteiger partial charge is 0.120 e. The first-order valence-electron chi connectivity index (χ1n) is 3.30. The Morgan fingerprint density at radius 1 is 1.75 bits per heavy atom. The number of halogens is 1. The number of fused-ring (bicyclic) bond motifs is 1. The van der Waals surface area contributed by atoms with E-state index in [0.29, 0.717) is 20.7 Å². The van der Waals surface area contributed by atoms with E-state index < -0.39 is 0 Å². The quantitative estimate of drug-likeness (QED) is 0.471. The molecule has 0 aliphatic heterocycles. The second kappa shape index (κ2) is 1.55. The molecule has 1 unspecified atom stereocenters. The summed E-state index contributed by atoms with van der Waals surface area (Å²) in [4.78, 5) is 0. The molecule has 2 saturated carbocycles. The second-order valence-corrected chi connectivity index (χ2v) is 6.82. The fourth-order valence-corrected chi connectivity index (χ4v) is 5.09. The lowest BCUT2D eigenvalue weighted by molar-refractivity contribution is 0.521. The molecule has 0 bridgehead atoms. The number of alkyl halides is 1. The van der Waals surface area contributed by atoms with Crippen molar-refractivity contribution in [3.05, 3.63) is 0 Å². The molecule has 2 rings (SSSR count). The molecule has 0 saturated heterocycles. The molecule has 0 aromatic carbocycles. The van der Waals surface area contributed by atoms with Gasteiger partial charge >= 0.3 is 0 Å². The normalized spacial score (nSPS) is 51.9.